The first kappa shape index (κ1) is 22.9. The predicted molar refractivity (Wildman–Crippen MR) is 120 cm³/mol. The van der Waals surface area contributed by atoms with Gasteiger partial charge in [0.15, 0.2) is 11.8 Å². The van der Waals surface area contributed by atoms with Gasteiger partial charge in [0.1, 0.15) is 12.4 Å². The van der Waals surface area contributed by atoms with Crippen molar-refractivity contribution in [3.63, 3.8) is 0 Å². The SMILES string of the molecule is CCCCCCNC(=NCc1nnc(C)n1C)NCCc1cccs1.I. The molecule has 2 aromatic rings. The standard InChI is InChI=1S/C18H30N6S.HI/c1-4-5-6-7-11-19-18(20-12-10-16-9-8-13-25-16)21-14-17-23-22-15(2)24(17)3;/h8-9,13H,4-7,10-12,14H2,1-3H3,(H2,19,20,21);1H. The Kier molecular flexibility index (Phi) is 11.5. The van der Waals surface area contributed by atoms with Crippen molar-refractivity contribution in [3.8, 4) is 0 Å². The highest BCUT2D eigenvalue weighted by Gasteiger charge is 2.05. The molecule has 2 N–H and O–H groups in total. The molecule has 0 aliphatic heterocycles. The molecular formula is C18H31IN6S. The van der Waals surface area contributed by atoms with E-state index in [0.717, 1.165) is 37.1 Å². The van der Waals surface area contributed by atoms with Gasteiger partial charge >= 0.3 is 0 Å². The summed E-state index contributed by atoms with van der Waals surface area (Å²) >= 11 is 1.79. The van der Waals surface area contributed by atoms with Gasteiger partial charge in [0.2, 0.25) is 0 Å². The Labute approximate surface area is 177 Å². The van der Waals surface area contributed by atoms with Crippen molar-refractivity contribution in [1.82, 2.24) is 25.4 Å². The number of aryl methyl sites for hydroxylation is 1. The number of guanidine groups is 1. The quantitative estimate of drug-likeness (QED) is 0.231. The second-order valence-corrected chi connectivity index (χ2v) is 7.16. The molecule has 0 bridgehead atoms. The Morgan fingerprint density at radius 2 is 2.00 bits per heavy atom. The number of unbranched alkanes of at least 4 members (excludes halogenated alkanes) is 3. The zero-order valence-corrected chi connectivity index (χ0v) is 19.1. The van der Waals surface area contributed by atoms with E-state index in [9.17, 15) is 0 Å². The molecule has 0 aliphatic rings. The third kappa shape index (κ3) is 8.03. The van der Waals surface area contributed by atoms with E-state index in [-0.39, 0.29) is 24.0 Å². The van der Waals surface area contributed by atoms with E-state index in [4.69, 9.17) is 0 Å². The second kappa shape index (κ2) is 13.1. The Morgan fingerprint density at radius 1 is 1.19 bits per heavy atom. The Morgan fingerprint density at radius 3 is 2.65 bits per heavy atom. The van der Waals surface area contributed by atoms with Crippen LogP contribution >= 0.6 is 35.3 Å². The molecule has 146 valence electrons. The lowest BCUT2D eigenvalue weighted by Crippen LogP contribution is -2.39. The number of thiophene rings is 1. The first-order valence-electron chi connectivity index (χ1n) is 9.10. The fourth-order valence-corrected chi connectivity index (χ4v) is 3.14. The number of nitrogens with one attached hydrogen (secondary N) is 2. The van der Waals surface area contributed by atoms with Crippen LogP contribution < -0.4 is 10.6 Å². The van der Waals surface area contributed by atoms with Gasteiger partial charge in [0.25, 0.3) is 0 Å². The molecule has 0 unspecified atom stereocenters. The van der Waals surface area contributed by atoms with Gasteiger partial charge in [-0.25, -0.2) is 4.99 Å². The van der Waals surface area contributed by atoms with E-state index in [1.165, 1.54) is 30.6 Å². The zero-order valence-electron chi connectivity index (χ0n) is 16.0. The highest BCUT2D eigenvalue weighted by Crippen LogP contribution is 2.08. The van der Waals surface area contributed by atoms with Gasteiger partial charge in [0, 0.05) is 25.0 Å². The van der Waals surface area contributed by atoms with Gasteiger partial charge in [-0.3, -0.25) is 0 Å². The van der Waals surface area contributed by atoms with Crippen LogP contribution in [0.4, 0.5) is 0 Å². The fraction of sp³-hybridized carbons (Fsp3) is 0.611. The lowest BCUT2D eigenvalue weighted by molar-refractivity contribution is 0.645. The van der Waals surface area contributed by atoms with Gasteiger partial charge in [-0.05, 0) is 31.2 Å². The summed E-state index contributed by atoms with van der Waals surface area (Å²) in [4.78, 5) is 6.07. The Balaban J connectivity index is 0.00000338. The van der Waals surface area contributed by atoms with Crippen molar-refractivity contribution in [3.05, 3.63) is 34.0 Å². The van der Waals surface area contributed by atoms with Crippen LogP contribution in [0.2, 0.25) is 0 Å². The van der Waals surface area contributed by atoms with Crippen LogP contribution in [0.5, 0.6) is 0 Å². The van der Waals surface area contributed by atoms with Crippen molar-refractivity contribution in [2.75, 3.05) is 13.1 Å². The highest BCUT2D eigenvalue weighted by atomic mass is 127. The average molecular weight is 490 g/mol. The maximum Gasteiger partial charge on any atom is 0.191 e. The third-order valence-electron chi connectivity index (χ3n) is 4.13. The minimum atomic E-state index is 0. The summed E-state index contributed by atoms with van der Waals surface area (Å²) in [5, 5.41) is 17.3. The van der Waals surface area contributed by atoms with Crippen LogP contribution in [0, 0.1) is 6.92 Å². The van der Waals surface area contributed by atoms with E-state index in [0.29, 0.717) is 6.54 Å². The van der Waals surface area contributed by atoms with E-state index in [1.807, 2.05) is 18.5 Å². The molecule has 6 nitrogen and oxygen atoms in total. The molecule has 2 heterocycles. The molecule has 26 heavy (non-hydrogen) atoms. The van der Waals surface area contributed by atoms with Crippen LogP contribution in [-0.4, -0.2) is 33.8 Å². The van der Waals surface area contributed by atoms with E-state index in [2.05, 4.69) is 50.3 Å². The lowest BCUT2D eigenvalue weighted by Gasteiger charge is -2.12. The van der Waals surface area contributed by atoms with Crippen LogP contribution in [0.25, 0.3) is 0 Å². The van der Waals surface area contributed by atoms with E-state index >= 15 is 0 Å². The smallest absolute Gasteiger partial charge is 0.191 e. The summed E-state index contributed by atoms with van der Waals surface area (Å²) in [6, 6.07) is 4.26. The number of hydrogen-bond acceptors (Lipinski definition) is 4. The van der Waals surface area contributed by atoms with Gasteiger partial charge in [-0.1, -0.05) is 32.3 Å². The first-order valence-corrected chi connectivity index (χ1v) is 9.98. The monoisotopic (exact) mass is 490 g/mol. The summed E-state index contributed by atoms with van der Waals surface area (Å²) in [5.41, 5.74) is 0. The first-order chi connectivity index (χ1) is 12.2. The highest BCUT2D eigenvalue weighted by molar-refractivity contribution is 14.0. The Bertz CT molecular complexity index is 638. The molecule has 0 atom stereocenters. The fourth-order valence-electron chi connectivity index (χ4n) is 2.43. The van der Waals surface area contributed by atoms with Crippen molar-refractivity contribution >= 4 is 41.3 Å². The summed E-state index contributed by atoms with van der Waals surface area (Å²) in [6.45, 7) is 6.53. The number of rotatable bonds is 10. The van der Waals surface area contributed by atoms with Crippen LogP contribution in [0.15, 0.2) is 22.5 Å². The molecular weight excluding hydrogens is 459 g/mol. The number of aromatic nitrogens is 3. The summed E-state index contributed by atoms with van der Waals surface area (Å²) in [7, 11) is 1.97. The topological polar surface area (TPSA) is 67.1 Å². The van der Waals surface area contributed by atoms with Gasteiger partial charge < -0.3 is 15.2 Å². The van der Waals surface area contributed by atoms with Crippen molar-refractivity contribution < 1.29 is 0 Å². The van der Waals surface area contributed by atoms with Crippen molar-refractivity contribution in [2.45, 2.75) is 52.5 Å². The normalized spacial score (nSPS) is 11.3. The average Bonchev–Trinajstić information content (AvgIpc) is 3.23. The number of halogens is 1. The predicted octanol–water partition coefficient (Wildman–Crippen LogP) is 3.66. The Hall–Kier alpha value is -1.16. The molecule has 0 saturated heterocycles. The minimum absolute atomic E-state index is 0. The van der Waals surface area contributed by atoms with Crippen molar-refractivity contribution in [2.24, 2.45) is 12.0 Å². The van der Waals surface area contributed by atoms with Crippen LogP contribution in [0.3, 0.4) is 0 Å². The molecule has 2 rings (SSSR count). The lowest BCUT2D eigenvalue weighted by atomic mass is 10.2. The maximum atomic E-state index is 4.68. The minimum Gasteiger partial charge on any atom is -0.356 e. The number of nitrogens with zero attached hydrogens (tertiary/aromatic N) is 4. The molecule has 2 aromatic heterocycles. The molecule has 8 heteroatoms. The summed E-state index contributed by atoms with van der Waals surface area (Å²) < 4.78 is 1.98. The van der Waals surface area contributed by atoms with Gasteiger partial charge in [-0.15, -0.1) is 45.5 Å². The van der Waals surface area contributed by atoms with E-state index in [1.54, 1.807) is 11.3 Å². The number of hydrogen-bond donors (Lipinski definition) is 2. The van der Waals surface area contributed by atoms with Crippen LogP contribution in [0.1, 0.15) is 49.1 Å². The van der Waals surface area contributed by atoms with Gasteiger partial charge in [-0.2, -0.15) is 0 Å². The largest absolute Gasteiger partial charge is 0.356 e. The number of aliphatic imine (C=N–C) groups is 1. The van der Waals surface area contributed by atoms with Gasteiger partial charge in [0.05, 0.1) is 0 Å². The van der Waals surface area contributed by atoms with Crippen molar-refractivity contribution in [1.29, 1.82) is 0 Å². The van der Waals surface area contributed by atoms with Crippen LogP contribution in [-0.2, 0) is 20.0 Å². The molecule has 0 spiro atoms. The zero-order chi connectivity index (χ0) is 17.9. The van der Waals surface area contributed by atoms with E-state index < -0.39 is 0 Å². The molecule has 0 fully saturated rings. The molecule has 0 aromatic carbocycles. The molecule has 0 amide bonds. The second-order valence-electron chi connectivity index (χ2n) is 6.13. The molecule has 0 aliphatic carbocycles. The third-order valence-corrected chi connectivity index (χ3v) is 5.06. The molecule has 0 saturated carbocycles. The molecule has 0 radical (unpaired) electrons. The summed E-state index contributed by atoms with van der Waals surface area (Å²) in [6.07, 6.45) is 5.98. The maximum absolute atomic E-state index is 4.68. The summed E-state index contributed by atoms with van der Waals surface area (Å²) in [5.74, 6) is 2.64.